The molecular formula is C9H9F4N7. The van der Waals surface area contributed by atoms with Gasteiger partial charge in [-0.05, 0) is 0 Å². The molecule has 0 aromatic carbocycles. The SMILES string of the molecule is Nc1nc(NCC(F)(F)C(F)F)nc(-n2ccnc2)n1. The van der Waals surface area contributed by atoms with Gasteiger partial charge in [-0.15, -0.1) is 0 Å². The second-order valence-electron chi connectivity index (χ2n) is 3.70. The maximum Gasteiger partial charge on any atom is 0.324 e. The first kappa shape index (κ1) is 14.0. The Hall–Kier alpha value is -2.46. The van der Waals surface area contributed by atoms with Crippen molar-refractivity contribution in [2.75, 3.05) is 17.6 Å². The lowest BCUT2D eigenvalue weighted by Crippen LogP contribution is -2.35. The molecule has 0 bridgehead atoms. The average Bonchev–Trinajstić information content (AvgIpc) is 2.89. The van der Waals surface area contributed by atoms with Crippen molar-refractivity contribution in [3.63, 3.8) is 0 Å². The minimum absolute atomic E-state index is 0.0258. The van der Waals surface area contributed by atoms with Crippen LogP contribution in [-0.2, 0) is 0 Å². The molecule has 0 aliphatic heterocycles. The Balaban J connectivity index is 2.17. The molecule has 20 heavy (non-hydrogen) atoms. The summed E-state index contributed by atoms with van der Waals surface area (Å²) in [4.78, 5) is 14.8. The van der Waals surface area contributed by atoms with Gasteiger partial charge in [0.1, 0.15) is 6.33 Å². The van der Waals surface area contributed by atoms with Crippen LogP contribution in [0.1, 0.15) is 0 Å². The number of nitrogen functional groups attached to an aromatic ring is 1. The van der Waals surface area contributed by atoms with E-state index in [1.54, 1.807) is 0 Å². The quantitative estimate of drug-likeness (QED) is 0.797. The summed E-state index contributed by atoms with van der Waals surface area (Å²) in [6.07, 6.45) is 0.499. The normalized spacial score (nSPS) is 11.8. The first-order valence-electron chi connectivity index (χ1n) is 5.28. The molecule has 2 aromatic heterocycles. The summed E-state index contributed by atoms with van der Waals surface area (Å²) in [6.45, 7) is -1.32. The topological polar surface area (TPSA) is 94.5 Å². The Morgan fingerprint density at radius 3 is 2.65 bits per heavy atom. The molecule has 7 nitrogen and oxygen atoms in total. The van der Waals surface area contributed by atoms with E-state index in [1.807, 2.05) is 5.32 Å². The predicted molar refractivity (Wildman–Crippen MR) is 60.8 cm³/mol. The molecule has 11 heteroatoms. The number of imidazole rings is 1. The van der Waals surface area contributed by atoms with E-state index in [1.165, 1.54) is 23.3 Å². The highest BCUT2D eigenvalue weighted by molar-refractivity contribution is 5.35. The average molecular weight is 291 g/mol. The lowest BCUT2D eigenvalue weighted by Gasteiger charge is -2.15. The molecule has 0 radical (unpaired) electrons. The van der Waals surface area contributed by atoms with E-state index < -0.39 is 18.9 Å². The summed E-state index contributed by atoms with van der Waals surface area (Å²) < 4.78 is 50.9. The van der Waals surface area contributed by atoms with E-state index >= 15 is 0 Å². The lowest BCUT2D eigenvalue weighted by atomic mass is 10.3. The van der Waals surface area contributed by atoms with Crippen LogP contribution in [0.3, 0.4) is 0 Å². The number of hydrogen-bond acceptors (Lipinski definition) is 6. The third kappa shape index (κ3) is 3.10. The van der Waals surface area contributed by atoms with E-state index in [-0.39, 0.29) is 17.8 Å². The highest BCUT2D eigenvalue weighted by Gasteiger charge is 2.40. The molecule has 0 amide bonds. The van der Waals surface area contributed by atoms with Gasteiger partial charge >= 0.3 is 12.3 Å². The van der Waals surface area contributed by atoms with Crippen LogP contribution < -0.4 is 11.1 Å². The van der Waals surface area contributed by atoms with Crippen molar-refractivity contribution >= 4 is 11.9 Å². The van der Waals surface area contributed by atoms with Crippen LogP contribution in [0.15, 0.2) is 18.7 Å². The van der Waals surface area contributed by atoms with Gasteiger partial charge in [0.25, 0.3) is 0 Å². The number of aromatic nitrogens is 5. The zero-order valence-electron chi connectivity index (χ0n) is 9.84. The van der Waals surface area contributed by atoms with E-state index in [0.29, 0.717) is 0 Å². The van der Waals surface area contributed by atoms with E-state index in [4.69, 9.17) is 5.73 Å². The monoisotopic (exact) mass is 291 g/mol. The second-order valence-corrected chi connectivity index (χ2v) is 3.70. The van der Waals surface area contributed by atoms with E-state index in [0.717, 1.165) is 0 Å². The highest BCUT2D eigenvalue weighted by Crippen LogP contribution is 2.22. The lowest BCUT2D eigenvalue weighted by molar-refractivity contribution is -0.117. The van der Waals surface area contributed by atoms with E-state index in [9.17, 15) is 17.6 Å². The number of nitrogens with one attached hydrogen (secondary N) is 1. The van der Waals surface area contributed by atoms with Crippen molar-refractivity contribution in [3.8, 4) is 5.95 Å². The first-order valence-corrected chi connectivity index (χ1v) is 5.28. The molecule has 108 valence electrons. The first-order chi connectivity index (χ1) is 9.38. The zero-order chi connectivity index (χ0) is 14.8. The summed E-state index contributed by atoms with van der Waals surface area (Å²) in [5, 5.41) is 2.00. The summed E-state index contributed by atoms with van der Waals surface area (Å²) in [6, 6.07) is 0. The Morgan fingerprint density at radius 1 is 1.30 bits per heavy atom. The Labute approximate surface area is 109 Å². The van der Waals surface area contributed by atoms with Crippen LogP contribution in [0, 0.1) is 0 Å². The van der Waals surface area contributed by atoms with Gasteiger partial charge in [0.05, 0.1) is 6.54 Å². The van der Waals surface area contributed by atoms with Gasteiger partial charge in [-0.2, -0.15) is 23.7 Å². The molecule has 0 saturated carbocycles. The van der Waals surface area contributed by atoms with Gasteiger partial charge in [0.15, 0.2) is 0 Å². The molecule has 0 saturated heterocycles. The molecule has 0 aliphatic carbocycles. The zero-order valence-corrected chi connectivity index (χ0v) is 9.84. The molecule has 0 unspecified atom stereocenters. The molecule has 0 atom stereocenters. The smallest absolute Gasteiger partial charge is 0.324 e. The van der Waals surface area contributed by atoms with E-state index in [2.05, 4.69) is 19.9 Å². The van der Waals surface area contributed by atoms with Crippen molar-refractivity contribution in [1.82, 2.24) is 24.5 Å². The third-order valence-corrected chi connectivity index (χ3v) is 2.18. The molecule has 3 N–H and O–H groups in total. The Bertz CT molecular complexity index is 572. The van der Waals surface area contributed by atoms with Gasteiger partial charge < -0.3 is 11.1 Å². The maximum atomic E-state index is 12.8. The minimum atomic E-state index is -4.20. The van der Waals surface area contributed by atoms with Gasteiger partial charge in [-0.25, -0.2) is 13.8 Å². The molecule has 2 rings (SSSR count). The fourth-order valence-electron chi connectivity index (χ4n) is 1.23. The van der Waals surface area contributed by atoms with Gasteiger partial charge in [-0.1, -0.05) is 0 Å². The highest BCUT2D eigenvalue weighted by atomic mass is 19.3. The van der Waals surface area contributed by atoms with Crippen LogP contribution in [0.5, 0.6) is 0 Å². The van der Waals surface area contributed by atoms with Crippen molar-refractivity contribution in [2.24, 2.45) is 0 Å². The summed E-state index contributed by atoms with van der Waals surface area (Å²) >= 11 is 0. The minimum Gasteiger partial charge on any atom is -0.368 e. The van der Waals surface area contributed by atoms with Crippen molar-refractivity contribution in [3.05, 3.63) is 18.7 Å². The van der Waals surface area contributed by atoms with Crippen LogP contribution in [-0.4, -0.2) is 43.4 Å². The second kappa shape index (κ2) is 5.27. The number of nitrogens with two attached hydrogens (primary N) is 1. The number of nitrogens with zero attached hydrogens (tertiary/aromatic N) is 5. The number of anilines is 2. The summed E-state index contributed by atoms with van der Waals surface area (Å²) in [7, 11) is 0. The molecule has 2 heterocycles. The number of halogens is 4. The van der Waals surface area contributed by atoms with Crippen molar-refractivity contribution in [1.29, 1.82) is 0 Å². The standard InChI is InChI=1S/C9H9F4N7/c10-5(11)9(12,13)3-16-7-17-6(14)18-8(19-7)20-2-1-15-4-20/h1-2,4-5H,3H2,(H3,14,16,17,18,19). The number of alkyl halides is 4. The van der Waals surface area contributed by atoms with Gasteiger partial charge in [-0.3, -0.25) is 4.57 Å². The molecule has 0 aliphatic rings. The maximum absolute atomic E-state index is 12.8. The van der Waals surface area contributed by atoms with Crippen molar-refractivity contribution < 1.29 is 17.6 Å². The number of rotatable bonds is 5. The van der Waals surface area contributed by atoms with Gasteiger partial charge in [0.2, 0.25) is 17.8 Å². The fraction of sp³-hybridized carbons (Fsp3) is 0.333. The molecule has 0 spiro atoms. The van der Waals surface area contributed by atoms with Crippen LogP contribution in [0.2, 0.25) is 0 Å². The predicted octanol–water partition coefficient (Wildman–Crippen LogP) is 0.952. The van der Waals surface area contributed by atoms with Gasteiger partial charge in [0, 0.05) is 12.4 Å². The van der Waals surface area contributed by atoms with Crippen LogP contribution in [0.25, 0.3) is 5.95 Å². The summed E-state index contributed by atoms with van der Waals surface area (Å²) in [5.74, 6) is -4.75. The molecule has 0 fully saturated rings. The Kier molecular flexibility index (Phi) is 3.68. The number of hydrogen-bond donors (Lipinski definition) is 2. The summed E-state index contributed by atoms with van der Waals surface area (Å²) in [5.41, 5.74) is 5.39. The Morgan fingerprint density at radius 2 is 2.05 bits per heavy atom. The van der Waals surface area contributed by atoms with Crippen molar-refractivity contribution in [2.45, 2.75) is 12.3 Å². The fourth-order valence-corrected chi connectivity index (χ4v) is 1.23. The van der Waals surface area contributed by atoms with Crippen LogP contribution in [0.4, 0.5) is 29.5 Å². The molecular weight excluding hydrogens is 282 g/mol. The largest absolute Gasteiger partial charge is 0.368 e. The third-order valence-electron chi connectivity index (χ3n) is 2.18. The van der Waals surface area contributed by atoms with Crippen LogP contribution >= 0.6 is 0 Å². The molecule has 2 aromatic rings.